The summed E-state index contributed by atoms with van der Waals surface area (Å²) < 4.78 is 0. The first-order chi connectivity index (χ1) is 8.96. The molecule has 1 atom stereocenters. The quantitative estimate of drug-likeness (QED) is 0.607. The number of aliphatic carboxylic acids is 1. The Morgan fingerprint density at radius 3 is 2.16 bits per heavy atom. The molecular formula is C15H32N2O2. The third-order valence-electron chi connectivity index (χ3n) is 3.51. The van der Waals surface area contributed by atoms with Crippen LogP contribution in [-0.4, -0.2) is 47.7 Å². The van der Waals surface area contributed by atoms with Gasteiger partial charge in [-0.1, -0.05) is 34.6 Å². The van der Waals surface area contributed by atoms with Gasteiger partial charge in [-0.05, 0) is 31.7 Å². The van der Waals surface area contributed by atoms with E-state index in [9.17, 15) is 9.90 Å². The Bertz CT molecular complexity index is 240. The predicted molar refractivity (Wildman–Crippen MR) is 80.5 cm³/mol. The summed E-state index contributed by atoms with van der Waals surface area (Å²) in [6.45, 7) is 13.4. The summed E-state index contributed by atoms with van der Waals surface area (Å²) in [7, 11) is 0. The van der Waals surface area contributed by atoms with E-state index in [1.54, 1.807) is 0 Å². The topological polar surface area (TPSA) is 52.6 Å². The Balaban J connectivity index is 4.49. The van der Waals surface area contributed by atoms with E-state index in [-0.39, 0.29) is 0 Å². The fourth-order valence-electron chi connectivity index (χ4n) is 2.55. The molecule has 114 valence electrons. The third kappa shape index (κ3) is 7.53. The molecule has 0 aliphatic heterocycles. The summed E-state index contributed by atoms with van der Waals surface area (Å²) >= 11 is 0. The van der Waals surface area contributed by atoms with Crippen LogP contribution in [0.4, 0.5) is 0 Å². The van der Waals surface area contributed by atoms with Crippen molar-refractivity contribution in [3.05, 3.63) is 0 Å². The molecule has 1 unspecified atom stereocenters. The first kappa shape index (κ1) is 18.4. The van der Waals surface area contributed by atoms with E-state index in [0.717, 1.165) is 25.9 Å². The minimum absolute atomic E-state index is 0.422. The second-order valence-electron chi connectivity index (χ2n) is 5.60. The minimum atomic E-state index is -0.740. The van der Waals surface area contributed by atoms with E-state index < -0.39 is 12.0 Å². The number of carboxylic acid groups (broad SMARTS) is 1. The summed E-state index contributed by atoms with van der Waals surface area (Å²) in [4.78, 5) is 13.6. The second-order valence-corrected chi connectivity index (χ2v) is 5.60. The van der Waals surface area contributed by atoms with E-state index in [2.05, 4.69) is 37.9 Å². The molecule has 0 amide bonds. The molecule has 0 aromatic carbocycles. The highest BCUT2D eigenvalue weighted by Gasteiger charge is 2.21. The molecule has 0 aromatic heterocycles. The van der Waals surface area contributed by atoms with Crippen LogP contribution in [-0.2, 0) is 4.79 Å². The lowest BCUT2D eigenvalue weighted by molar-refractivity contribution is -0.139. The van der Waals surface area contributed by atoms with Crippen molar-refractivity contribution in [3.8, 4) is 0 Å². The molecule has 0 fully saturated rings. The summed E-state index contributed by atoms with van der Waals surface area (Å²) in [5.41, 5.74) is 0. The average Bonchev–Trinajstić information content (AvgIpc) is 2.34. The number of nitrogens with one attached hydrogen (secondary N) is 1. The van der Waals surface area contributed by atoms with Crippen LogP contribution in [0, 0.1) is 5.92 Å². The molecule has 4 heteroatoms. The number of likely N-dealkylation sites (N-methyl/N-ethyl adjacent to an activating group) is 1. The highest BCUT2D eigenvalue weighted by Crippen LogP contribution is 2.12. The summed E-state index contributed by atoms with van der Waals surface area (Å²) in [6.07, 6.45) is 2.93. The van der Waals surface area contributed by atoms with Gasteiger partial charge in [0.1, 0.15) is 6.04 Å². The van der Waals surface area contributed by atoms with Crippen LogP contribution in [0.5, 0.6) is 0 Å². The molecule has 0 saturated heterocycles. The van der Waals surface area contributed by atoms with Crippen LogP contribution in [0.2, 0.25) is 0 Å². The van der Waals surface area contributed by atoms with Crippen molar-refractivity contribution in [1.82, 2.24) is 10.2 Å². The number of carboxylic acids is 1. The molecule has 0 aliphatic carbocycles. The summed E-state index contributed by atoms with van der Waals surface area (Å²) in [5, 5.41) is 12.2. The highest BCUT2D eigenvalue weighted by molar-refractivity contribution is 5.73. The van der Waals surface area contributed by atoms with Gasteiger partial charge in [0.15, 0.2) is 0 Å². The Morgan fingerprint density at radius 2 is 1.79 bits per heavy atom. The van der Waals surface area contributed by atoms with Gasteiger partial charge in [0.2, 0.25) is 0 Å². The van der Waals surface area contributed by atoms with Gasteiger partial charge in [-0.15, -0.1) is 0 Å². The minimum Gasteiger partial charge on any atom is -0.480 e. The van der Waals surface area contributed by atoms with Gasteiger partial charge >= 0.3 is 5.97 Å². The normalized spacial score (nSPS) is 13.5. The van der Waals surface area contributed by atoms with Crippen molar-refractivity contribution in [2.45, 2.75) is 66.0 Å². The Morgan fingerprint density at radius 1 is 1.21 bits per heavy atom. The average molecular weight is 272 g/mol. The fraction of sp³-hybridized carbons (Fsp3) is 0.933. The number of carbonyl (C=O) groups is 1. The van der Waals surface area contributed by atoms with Gasteiger partial charge in [0.05, 0.1) is 0 Å². The van der Waals surface area contributed by atoms with Gasteiger partial charge in [-0.2, -0.15) is 0 Å². The maximum atomic E-state index is 11.2. The molecule has 0 radical (unpaired) electrons. The van der Waals surface area contributed by atoms with Gasteiger partial charge in [-0.25, -0.2) is 0 Å². The molecule has 0 aromatic rings. The predicted octanol–water partition coefficient (Wildman–Crippen LogP) is 2.59. The van der Waals surface area contributed by atoms with E-state index >= 15 is 0 Å². The monoisotopic (exact) mass is 272 g/mol. The van der Waals surface area contributed by atoms with Crippen LogP contribution in [0.3, 0.4) is 0 Å². The molecular weight excluding hydrogens is 240 g/mol. The van der Waals surface area contributed by atoms with E-state index in [1.807, 2.05) is 6.92 Å². The Kier molecular flexibility index (Phi) is 9.88. The van der Waals surface area contributed by atoms with Crippen LogP contribution >= 0.6 is 0 Å². The van der Waals surface area contributed by atoms with Crippen molar-refractivity contribution in [1.29, 1.82) is 0 Å². The number of nitrogens with zero attached hydrogens (tertiary/aromatic N) is 1. The van der Waals surface area contributed by atoms with Crippen LogP contribution in [0.15, 0.2) is 0 Å². The van der Waals surface area contributed by atoms with E-state index in [4.69, 9.17) is 0 Å². The standard InChI is InChI=1S/C15H32N2O2/c1-6-13(7-2)17(11-12(4)5)10-9-14(15(18)19)16-8-3/h12-14,16H,6-11H2,1-5H3,(H,18,19). The lowest BCUT2D eigenvalue weighted by atomic mass is 10.1. The zero-order chi connectivity index (χ0) is 14.8. The number of hydrogen-bond donors (Lipinski definition) is 2. The van der Waals surface area contributed by atoms with Gasteiger partial charge in [-0.3, -0.25) is 4.79 Å². The molecule has 0 heterocycles. The molecule has 19 heavy (non-hydrogen) atoms. The Hall–Kier alpha value is -0.610. The lowest BCUT2D eigenvalue weighted by Gasteiger charge is -2.32. The molecule has 2 N–H and O–H groups in total. The molecule has 0 saturated carbocycles. The van der Waals surface area contributed by atoms with E-state index in [1.165, 1.54) is 0 Å². The van der Waals surface area contributed by atoms with Crippen molar-refractivity contribution >= 4 is 5.97 Å². The molecule has 0 spiro atoms. The van der Waals surface area contributed by atoms with E-state index in [0.29, 0.717) is 24.9 Å². The van der Waals surface area contributed by atoms with Crippen molar-refractivity contribution in [2.24, 2.45) is 5.92 Å². The molecule has 0 bridgehead atoms. The molecule has 0 rings (SSSR count). The van der Waals surface area contributed by atoms with Gasteiger partial charge in [0.25, 0.3) is 0 Å². The first-order valence-corrected chi connectivity index (χ1v) is 7.66. The Labute approximate surface area is 118 Å². The summed E-state index contributed by atoms with van der Waals surface area (Å²) in [5.74, 6) is -0.126. The lowest BCUT2D eigenvalue weighted by Crippen LogP contribution is -2.43. The highest BCUT2D eigenvalue weighted by atomic mass is 16.4. The molecule has 0 aliphatic rings. The van der Waals surface area contributed by atoms with Crippen molar-refractivity contribution in [2.75, 3.05) is 19.6 Å². The van der Waals surface area contributed by atoms with Crippen LogP contribution in [0.1, 0.15) is 53.9 Å². The SMILES string of the molecule is CCNC(CCN(CC(C)C)C(CC)CC)C(=O)O. The maximum absolute atomic E-state index is 11.2. The third-order valence-corrected chi connectivity index (χ3v) is 3.51. The van der Waals surface area contributed by atoms with Crippen molar-refractivity contribution < 1.29 is 9.90 Å². The number of hydrogen-bond acceptors (Lipinski definition) is 3. The van der Waals surface area contributed by atoms with Gasteiger partial charge in [0, 0.05) is 19.1 Å². The second kappa shape index (κ2) is 10.2. The van der Waals surface area contributed by atoms with Crippen molar-refractivity contribution in [3.63, 3.8) is 0 Å². The number of rotatable bonds is 11. The van der Waals surface area contributed by atoms with Crippen LogP contribution in [0.25, 0.3) is 0 Å². The summed E-state index contributed by atoms with van der Waals surface area (Å²) in [6, 6.07) is 0.146. The smallest absolute Gasteiger partial charge is 0.320 e. The first-order valence-electron chi connectivity index (χ1n) is 7.66. The van der Waals surface area contributed by atoms with Gasteiger partial charge < -0.3 is 15.3 Å². The zero-order valence-electron chi connectivity index (χ0n) is 13.3. The molecule has 4 nitrogen and oxygen atoms in total. The zero-order valence-corrected chi connectivity index (χ0v) is 13.3. The van der Waals surface area contributed by atoms with Crippen LogP contribution < -0.4 is 5.32 Å². The fourth-order valence-corrected chi connectivity index (χ4v) is 2.55. The maximum Gasteiger partial charge on any atom is 0.320 e. The largest absolute Gasteiger partial charge is 0.480 e.